The molecule has 0 aromatic heterocycles. The summed E-state index contributed by atoms with van der Waals surface area (Å²) in [5.74, 6) is -0.696. The number of rotatable bonds is 1. The highest BCUT2D eigenvalue weighted by atomic mass is 79.9. The summed E-state index contributed by atoms with van der Waals surface area (Å²) in [5, 5.41) is 8.98. The normalized spacial score (nSPS) is 24.8. The zero-order chi connectivity index (χ0) is 8.59. The van der Waals surface area contributed by atoms with E-state index in [2.05, 4.69) is 36.6 Å². The van der Waals surface area contributed by atoms with Gasteiger partial charge in [0.1, 0.15) is 5.03 Å². The van der Waals surface area contributed by atoms with Crippen molar-refractivity contribution in [3.63, 3.8) is 0 Å². The van der Waals surface area contributed by atoms with Crippen LogP contribution in [0.4, 0.5) is 0 Å². The number of carbonyl (C=O) groups is 1. The molecule has 0 bridgehead atoms. The molecule has 1 aliphatic heterocycles. The van der Waals surface area contributed by atoms with Crippen molar-refractivity contribution in [3.8, 4) is 0 Å². The second kappa shape index (κ2) is 3.43. The van der Waals surface area contributed by atoms with Crippen LogP contribution in [0.2, 0.25) is 0 Å². The van der Waals surface area contributed by atoms with Crippen molar-refractivity contribution in [2.75, 3.05) is 0 Å². The Morgan fingerprint density at radius 3 is 2.36 bits per heavy atom. The molecule has 0 unspecified atom stereocenters. The first-order chi connectivity index (χ1) is 5.04. The number of cyclic esters (lactones) is 1. The minimum atomic E-state index is -1.24. The standard InChI is InChI=1S/C5H3Br2ClO3/c6-3(7)1-2(8)5(10)11-4(1)9/h3-4,9H/t4-/m1/s1. The van der Waals surface area contributed by atoms with Crippen molar-refractivity contribution in [1.29, 1.82) is 0 Å². The van der Waals surface area contributed by atoms with Gasteiger partial charge in [0.15, 0.2) is 0 Å². The van der Waals surface area contributed by atoms with Gasteiger partial charge in [0.2, 0.25) is 6.29 Å². The Balaban J connectivity index is 2.97. The molecule has 1 N–H and O–H groups in total. The van der Waals surface area contributed by atoms with E-state index in [1.54, 1.807) is 0 Å². The van der Waals surface area contributed by atoms with Gasteiger partial charge in [-0.3, -0.25) is 0 Å². The van der Waals surface area contributed by atoms with Gasteiger partial charge in [0.05, 0.1) is 3.74 Å². The van der Waals surface area contributed by atoms with Gasteiger partial charge in [-0.05, 0) is 0 Å². The van der Waals surface area contributed by atoms with Crippen molar-refractivity contribution in [2.24, 2.45) is 0 Å². The van der Waals surface area contributed by atoms with Crippen LogP contribution in [-0.4, -0.2) is 21.1 Å². The topological polar surface area (TPSA) is 46.5 Å². The molecule has 0 fully saturated rings. The smallest absolute Gasteiger partial charge is 0.352 e. The Kier molecular flexibility index (Phi) is 2.96. The molecule has 0 radical (unpaired) electrons. The van der Waals surface area contributed by atoms with Crippen LogP contribution in [0.1, 0.15) is 0 Å². The lowest BCUT2D eigenvalue weighted by Gasteiger charge is -2.06. The van der Waals surface area contributed by atoms with Crippen LogP contribution >= 0.6 is 43.5 Å². The Labute approximate surface area is 84.6 Å². The summed E-state index contributed by atoms with van der Waals surface area (Å²) in [4.78, 5) is 10.7. The number of carbonyl (C=O) groups excluding carboxylic acids is 1. The number of halogens is 3. The van der Waals surface area contributed by atoms with E-state index in [0.29, 0.717) is 5.57 Å². The van der Waals surface area contributed by atoms with Crippen LogP contribution in [0.3, 0.4) is 0 Å². The van der Waals surface area contributed by atoms with Crippen LogP contribution in [0.25, 0.3) is 0 Å². The maximum Gasteiger partial charge on any atom is 0.352 e. The fourth-order valence-electron chi connectivity index (χ4n) is 0.646. The van der Waals surface area contributed by atoms with Crippen LogP contribution in [-0.2, 0) is 9.53 Å². The van der Waals surface area contributed by atoms with Crippen molar-refractivity contribution >= 4 is 49.4 Å². The molecule has 0 aromatic rings. The van der Waals surface area contributed by atoms with Crippen molar-refractivity contribution in [3.05, 3.63) is 10.6 Å². The lowest BCUT2D eigenvalue weighted by molar-refractivity contribution is -0.151. The summed E-state index contributed by atoms with van der Waals surface area (Å²) in [6, 6.07) is 0. The third-order valence-corrected chi connectivity index (χ3v) is 2.51. The maximum absolute atomic E-state index is 10.7. The summed E-state index contributed by atoms with van der Waals surface area (Å²) in [5.41, 5.74) is 0.302. The molecule has 1 rings (SSSR count). The van der Waals surface area contributed by atoms with E-state index < -0.39 is 12.3 Å². The minimum absolute atomic E-state index is 0.0729. The van der Waals surface area contributed by atoms with Crippen LogP contribution < -0.4 is 0 Å². The number of alkyl halides is 2. The first-order valence-electron chi connectivity index (χ1n) is 2.60. The molecular weight excluding hydrogens is 303 g/mol. The second-order valence-electron chi connectivity index (χ2n) is 1.83. The molecule has 11 heavy (non-hydrogen) atoms. The van der Waals surface area contributed by atoms with E-state index >= 15 is 0 Å². The van der Waals surface area contributed by atoms with Gasteiger partial charge >= 0.3 is 5.97 Å². The summed E-state index contributed by atoms with van der Waals surface area (Å²) in [6.07, 6.45) is -1.24. The van der Waals surface area contributed by atoms with E-state index in [9.17, 15) is 4.79 Å². The second-order valence-corrected chi connectivity index (χ2v) is 5.27. The van der Waals surface area contributed by atoms with E-state index in [1.165, 1.54) is 0 Å². The Bertz CT molecular complexity index is 226. The highest BCUT2D eigenvalue weighted by Gasteiger charge is 2.34. The number of hydrogen-bond donors (Lipinski definition) is 1. The molecule has 1 atom stereocenters. The fourth-order valence-corrected chi connectivity index (χ4v) is 2.07. The lowest BCUT2D eigenvalue weighted by Crippen LogP contribution is -2.13. The third kappa shape index (κ3) is 1.77. The first-order valence-corrected chi connectivity index (χ1v) is 4.81. The number of aliphatic hydroxyl groups excluding tert-OH is 1. The van der Waals surface area contributed by atoms with Gasteiger partial charge < -0.3 is 9.84 Å². The molecule has 3 nitrogen and oxygen atoms in total. The highest BCUT2D eigenvalue weighted by molar-refractivity contribution is 9.24. The Morgan fingerprint density at radius 2 is 2.18 bits per heavy atom. The summed E-state index contributed by atoms with van der Waals surface area (Å²) < 4.78 is 4.05. The number of ether oxygens (including phenoxy) is 1. The van der Waals surface area contributed by atoms with Crippen molar-refractivity contribution in [2.45, 2.75) is 10.0 Å². The molecule has 0 aliphatic carbocycles. The van der Waals surface area contributed by atoms with E-state index in [4.69, 9.17) is 16.7 Å². The lowest BCUT2D eigenvalue weighted by atomic mass is 10.3. The zero-order valence-corrected chi connectivity index (χ0v) is 8.98. The van der Waals surface area contributed by atoms with Crippen molar-refractivity contribution < 1.29 is 14.6 Å². The summed E-state index contributed by atoms with van der Waals surface area (Å²) in [7, 11) is 0. The fraction of sp³-hybridized carbons (Fsp3) is 0.400. The van der Waals surface area contributed by atoms with E-state index in [1.807, 2.05) is 0 Å². The molecule has 0 amide bonds. The average Bonchev–Trinajstić information content (AvgIpc) is 2.07. The van der Waals surface area contributed by atoms with Gasteiger partial charge in [-0.15, -0.1) is 0 Å². The molecule has 0 spiro atoms. The van der Waals surface area contributed by atoms with Gasteiger partial charge in [-0.2, -0.15) is 0 Å². The Morgan fingerprint density at radius 1 is 1.64 bits per heavy atom. The van der Waals surface area contributed by atoms with Crippen LogP contribution in [0.15, 0.2) is 10.6 Å². The monoisotopic (exact) mass is 304 g/mol. The molecular formula is C5H3Br2ClO3. The summed E-state index contributed by atoms with van der Waals surface area (Å²) >= 11 is 11.7. The molecule has 1 heterocycles. The SMILES string of the molecule is O=C1O[C@@H](O)C(C(Br)Br)=C1Cl. The maximum atomic E-state index is 10.7. The third-order valence-electron chi connectivity index (χ3n) is 1.15. The largest absolute Gasteiger partial charge is 0.427 e. The van der Waals surface area contributed by atoms with E-state index in [0.717, 1.165) is 0 Å². The van der Waals surface area contributed by atoms with Crippen LogP contribution in [0, 0.1) is 0 Å². The number of aliphatic hydroxyl groups is 1. The zero-order valence-electron chi connectivity index (χ0n) is 5.05. The van der Waals surface area contributed by atoms with Gasteiger partial charge in [-0.25, -0.2) is 4.79 Å². The number of esters is 1. The minimum Gasteiger partial charge on any atom is -0.427 e. The molecule has 0 saturated heterocycles. The highest BCUT2D eigenvalue weighted by Crippen LogP contribution is 2.32. The molecule has 1 aliphatic rings. The predicted octanol–water partition coefficient (Wildman–Crippen LogP) is 1.47. The summed E-state index contributed by atoms with van der Waals surface area (Å²) in [6.45, 7) is 0. The average molecular weight is 306 g/mol. The predicted molar refractivity (Wildman–Crippen MR) is 46.6 cm³/mol. The van der Waals surface area contributed by atoms with E-state index in [-0.39, 0.29) is 8.77 Å². The molecule has 0 saturated carbocycles. The van der Waals surface area contributed by atoms with Gasteiger partial charge in [0.25, 0.3) is 0 Å². The first kappa shape index (κ1) is 9.51. The molecule has 62 valence electrons. The van der Waals surface area contributed by atoms with Gasteiger partial charge in [0, 0.05) is 5.57 Å². The molecule has 6 heteroatoms. The van der Waals surface area contributed by atoms with Crippen molar-refractivity contribution in [1.82, 2.24) is 0 Å². The van der Waals surface area contributed by atoms with Gasteiger partial charge in [-0.1, -0.05) is 43.5 Å². The quantitative estimate of drug-likeness (QED) is 0.589. The molecule has 0 aromatic carbocycles. The van der Waals surface area contributed by atoms with Crippen LogP contribution in [0.5, 0.6) is 0 Å². The Hall–Kier alpha value is 0.420. The number of hydrogen-bond acceptors (Lipinski definition) is 3.